The Bertz CT molecular complexity index is 463. The molecule has 1 saturated heterocycles. The van der Waals surface area contributed by atoms with Crippen LogP contribution in [-0.4, -0.2) is 27.7 Å². The van der Waals surface area contributed by atoms with Crippen LogP contribution >= 0.6 is 31.9 Å². The van der Waals surface area contributed by atoms with Gasteiger partial charge in [0.1, 0.15) is 0 Å². The Labute approximate surface area is 125 Å². The van der Waals surface area contributed by atoms with Crippen molar-refractivity contribution in [2.45, 2.75) is 18.9 Å². The van der Waals surface area contributed by atoms with Crippen molar-refractivity contribution in [3.8, 4) is 0 Å². The van der Waals surface area contributed by atoms with Crippen molar-refractivity contribution in [3.63, 3.8) is 0 Å². The highest BCUT2D eigenvalue weighted by molar-refractivity contribution is 9.11. The van der Waals surface area contributed by atoms with Gasteiger partial charge in [0.25, 0.3) is 5.91 Å². The number of halogens is 2. The van der Waals surface area contributed by atoms with E-state index in [1.54, 1.807) is 12.1 Å². The van der Waals surface area contributed by atoms with Gasteiger partial charge in [0.15, 0.2) is 0 Å². The van der Waals surface area contributed by atoms with E-state index < -0.39 is 10.8 Å². The van der Waals surface area contributed by atoms with Gasteiger partial charge in [0, 0.05) is 42.9 Å². The van der Waals surface area contributed by atoms with Crippen LogP contribution < -0.4 is 5.32 Å². The van der Waals surface area contributed by atoms with E-state index in [0.29, 0.717) is 17.1 Å². The van der Waals surface area contributed by atoms with Crippen LogP contribution in [0.5, 0.6) is 0 Å². The van der Waals surface area contributed by atoms with Gasteiger partial charge in [-0.15, -0.1) is 0 Å². The molecule has 3 nitrogen and oxygen atoms in total. The first-order valence-electron chi connectivity index (χ1n) is 5.66. The topological polar surface area (TPSA) is 46.2 Å². The van der Waals surface area contributed by atoms with Gasteiger partial charge in [-0.3, -0.25) is 9.00 Å². The van der Waals surface area contributed by atoms with Gasteiger partial charge in [-0.05, 0) is 31.0 Å². The first-order valence-corrected chi connectivity index (χ1v) is 8.74. The largest absolute Gasteiger partial charge is 0.349 e. The molecule has 0 spiro atoms. The molecule has 98 valence electrons. The summed E-state index contributed by atoms with van der Waals surface area (Å²) in [5, 5.41) is 3.00. The zero-order valence-electron chi connectivity index (χ0n) is 9.62. The van der Waals surface area contributed by atoms with Crippen LogP contribution in [0.25, 0.3) is 0 Å². The lowest BCUT2D eigenvalue weighted by molar-refractivity contribution is 0.0934. The van der Waals surface area contributed by atoms with E-state index in [1.807, 2.05) is 6.07 Å². The molecule has 1 fully saturated rings. The molecule has 0 atom stereocenters. The van der Waals surface area contributed by atoms with Crippen molar-refractivity contribution in [3.05, 3.63) is 32.7 Å². The van der Waals surface area contributed by atoms with Gasteiger partial charge in [0.05, 0.1) is 0 Å². The minimum atomic E-state index is -0.694. The van der Waals surface area contributed by atoms with Crippen LogP contribution in [0.2, 0.25) is 0 Å². The quantitative estimate of drug-likeness (QED) is 0.838. The van der Waals surface area contributed by atoms with Crippen LogP contribution in [0.1, 0.15) is 23.2 Å². The Hall–Kier alpha value is -0.200. The fourth-order valence-corrected chi connectivity index (χ4v) is 4.48. The minimum absolute atomic E-state index is 0.0744. The number of benzene rings is 1. The summed E-state index contributed by atoms with van der Waals surface area (Å²) in [5.74, 6) is 1.30. The van der Waals surface area contributed by atoms with E-state index in [9.17, 15) is 9.00 Å². The molecule has 0 bridgehead atoms. The van der Waals surface area contributed by atoms with Gasteiger partial charge in [0.2, 0.25) is 0 Å². The highest BCUT2D eigenvalue weighted by atomic mass is 79.9. The number of carbonyl (C=O) groups is 1. The third kappa shape index (κ3) is 3.90. The van der Waals surface area contributed by atoms with Crippen LogP contribution in [0.15, 0.2) is 27.1 Å². The van der Waals surface area contributed by atoms with Gasteiger partial charge >= 0.3 is 0 Å². The third-order valence-electron chi connectivity index (χ3n) is 2.85. The van der Waals surface area contributed by atoms with E-state index in [-0.39, 0.29) is 11.9 Å². The van der Waals surface area contributed by atoms with Crippen molar-refractivity contribution >= 4 is 48.6 Å². The molecule has 1 N–H and O–H groups in total. The molecule has 1 heterocycles. The van der Waals surface area contributed by atoms with Crippen LogP contribution in [0.3, 0.4) is 0 Å². The summed E-state index contributed by atoms with van der Waals surface area (Å²) < 4.78 is 13.0. The number of amides is 1. The smallest absolute Gasteiger partial charge is 0.251 e. The first kappa shape index (κ1) is 14.2. The van der Waals surface area contributed by atoms with E-state index in [2.05, 4.69) is 37.2 Å². The summed E-state index contributed by atoms with van der Waals surface area (Å²) in [6, 6.07) is 5.62. The van der Waals surface area contributed by atoms with Gasteiger partial charge in [-0.25, -0.2) is 0 Å². The first-order chi connectivity index (χ1) is 8.54. The molecule has 18 heavy (non-hydrogen) atoms. The van der Waals surface area contributed by atoms with E-state index in [1.165, 1.54) is 0 Å². The van der Waals surface area contributed by atoms with E-state index in [4.69, 9.17) is 0 Å². The number of nitrogens with one attached hydrogen (secondary N) is 1. The monoisotopic (exact) mass is 393 g/mol. The standard InChI is InChI=1S/C12H13Br2NO2S/c13-9-5-8(6-10(14)7-9)12(16)15-11-1-3-18(17)4-2-11/h5-7,11H,1-4H2,(H,15,16). The summed E-state index contributed by atoms with van der Waals surface area (Å²) >= 11 is 6.73. The Kier molecular flexibility index (Phi) is 4.98. The van der Waals surface area contributed by atoms with Crippen molar-refractivity contribution < 1.29 is 9.00 Å². The fraction of sp³-hybridized carbons (Fsp3) is 0.417. The van der Waals surface area contributed by atoms with Crippen molar-refractivity contribution in [2.24, 2.45) is 0 Å². The Morgan fingerprint density at radius 2 is 1.72 bits per heavy atom. The molecule has 1 aromatic carbocycles. The van der Waals surface area contributed by atoms with Gasteiger partial charge in [-0.1, -0.05) is 31.9 Å². The molecule has 0 radical (unpaired) electrons. The molecule has 0 unspecified atom stereocenters. The second kappa shape index (κ2) is 6.30. The second-order valence-electron chi connectivity index (χ2n) is 4.25. The van der Waals surface area contributed by atoms with Gasteiger partial charge in [-0.2, -0.15) is 0 Å². The summed E-state index contributed by atoms with van der Waals surface area (Å²) in [6.45, 7) is 0. The molecule has 6 heteroatoms. The molecule has 1 aromatic rings. The van der Waals surface area contributed by atoms with Crippen molar-refractivity contribution in [2.75, 3.05) is 11.5 Å². The maximum atomic E-state index is 12.1. The summed E-state index contributed by atoms with van der Waals surface area (Å²) in [5.41, 5.74) is 0.628. The average Bonchev–Trinajstić information content (AvgIpc) is 2.31. The number of hydrogen-bond acceptors (Lipinski definition) is 2. The number of hydrogen-bond donors (Lipinski definition) is 1. The SMILES string of the molecule is O=C(NC1CCS(=O)CC1)c1cc(Br)cc(Br)c1. The van der Waals surface area contributed by atoms with Gasteiger partial charge < -0.3 is 5.32 Å². The Morgan fingerprint density at radius 1 is 1.17 bits per heavy atom. The zero-order valence-corrected chi connectivity index (χ0v) is 13.6. The predicted octanol–water partition coefficient (Wildman–Crippen LogP) is 2.85. The average molecular weight is 395 g/mol. The molecular formula is C12H13Br2NO2S. The molecule has 2 rings (SSSR count). The van der Waals surface area contributed by atoms with E-state index in [0.717, 1.165) is 21.8 Å². The number of carbonyl (C=O) groups excluding carboxylic acids is 1. The predicted molar refractivity (Wildman–Crippen MR) is 80.2 cm³/mol. The Balaban J connectivity index is 2.01. The molecule has 1 aliphatic rings. The van der Waals surface area contributed by atoms with Crippen LogP contribution in [0, 0.1) is 0 Å². The highest BCUT2D eigenvalue weighted by Gasteiger charge is 2.20. The molecule has 0 aromatic heterocycles. The number of rotatable bonds is 2. The zero-order chi connectivity index (χ0) is 13.1. The normalized spacial score (nSPS) is 23.7. The van der Waals surface area contributed by atoms with Crippen LogP contribution in [-0.2, 0) is 10.8 Å². The van der Waals surface area contributed by atoms with E-state index >= 15 is 0 Å². The van der Waals surface area contributed by atoms with Crippen LogP contribution in [0.4, 0.5) is 0 Å². The van der Waals surface area contributed by atoms with Crippen molar-refractivity contribution in [1.29, 1.82) is 0 Å². The molecular weight excluding hydrogens is 382 g/mol. The molecule has 1 aliphatic heterocycles. The maximum Gasteiger partial charge on any atom is 0.251 e. The van der Waals surface area contributed by atoms with Crippen molar-refractivity contribution in [1.82, 2.24) is 5.32 Å². The summed E-state index contributed by atoms with van der Waals surface area (Å²) in [4.78, 5) is 12.1. The second-order valence-corrected chi connectivity index (χ2v) is 7.78. The lowest BCUT2D eigenvalue weighted by Gasteiger charge is -2.22. The maximum absolute atomic E-state index is 12.1. The summed E-state index contributed by atoms with van der Waals surface area (Å²) in [6.07, 6.45) is 1.60. The summed E-state index contributed by atoms with van der Waals surface area (Å²) in [7, 11) is -0.694. The lowest BCUT2D eigenvalue weighted by atomic mass is 10.1. The lowest BCUT2D eigenvalue weighted by Crippen LogP contribution is -2.39. The Morgan fingerprint density at radius 3 is 2.28 bits per heavy atom. The third-order valence-corrected chi connectivity index (χ3v) is 5.15. The fourth-order valence-electron chi connectivity index (χ4n) is 1.89. The minimum Gasteiger partial charge on any atom is -0.349 e. The highest BCUT2D eigenvalue weighted by Crippen LogP contribution is 2.20. The molecule has 0 saturated carbocycles. The molecule has 1 amide bonds. The molecule has 0 aliphatic carbocycles.